The molecule has 1 unspecified atom stereocenters. The molecule has 1 aromatic rings. The lowest BCUT2D eigenvalue weighted by molar-refractivity contribution is -0.136. The van der Waals surface area contributed by atoms with Gasteiger partial charge in [-0.25, -0.2) is 4.85 Å². The third-order valence-corrected chi connectivity index (χ3v) is 3.55. The van der Waals surface area contributed by atoms with E-state index in [4.69, 9.17) is 6.57 Å². The molecule has 7 nitrogen and oxygen atoms in total. The van der Waals surface area contributed by atoms with E-state index < -0.39 is 29.7 Å². The van der Waals surface area contributed by atoms with E-state index >= 15 is 0 Å². The molecule has 0 aliphatic carbocycles. The van der Waals surface area contributed by atoms with Gasteiger partial charge in [0, 0.05) is 12.0 Å². The molecule has 0 spiro atoms. The SMILES string of the molecule is [C-]#[N+]c1ccc2c(c1)C(=O)N(C1CCC(=O)NC1=O)C2=O. The van der Waals surface area contributed by atoms with Crippen molar-refractivity contribution in [3.05, 3.63) is 40.7 Å². The molecular weight excluding hydrogens is 274 g/mol. The summed E-state index contributed by atoms with van der Waals surface area (Å²) in [6, 6.07) is 3.22. The third-order valence-electron chi connectivity index (χ3n) is 3.55. The van der Waals surface area contributed by atoms with Crippen LogP contribution in [0.15, 0.2) is 18.2 Å². The number of rotatable bonds is 1. The maximum atomic E-state index is 12.3. The van der Waals surface area contributed by atoms with Crippen LogP contribution in [0.3, 0.4) is 0 Å². The van der Waals surface area contributed by atoms with Gasteiger partial charge in [0.05, 0.1) is 12.1 Å². The van der Waals surface area contributed by atoms with Crippen LogP contribution < -0.4 is 5.32 Å². The minimum atomic E-state index is -0.980. The van der Waals surface area contributed by atoms with E-state index in [1.54, 1.807) is 0 Å². The number of benzene rings is 1. The average molecular weight is 283 g/mol. The zero-order valence-electron chi connectivity index (χ0n) is 10.8. The Morgan fingerprint density at radius 3 is 2.52 bits per heavy atom. The average Bonchev–Trinajstić information content (AvgIpc) is 2.71. The van der Waals surface area contributed by atoms with Crippen LogP contribution in [-0.2, 0) is 9.59 Å². The first-order valence-electron chi connectivity index (χ1n) is 6.26. The summed E-state index contributed by atoms with van der Waals surface area (Å²) in [5, 5.41) is 2.12. The van der Waals surface area contributed by atoms with Crippen molar-refractivity contribution in [1.29, 1.82) is 0 Å². The molecule has 4 amide bonds. The Morgan fingerprint density at radius 1 is 1.14 bits per heavy atom. The summed E-state index contributed by atoms with van der Waals surface area (Å²) in [5.74, 6) is -2.23. The maximum absolute atomic E-state index is 12.3. The van der Waals surface area contributed by atoms with Crippen LogP contribution in [0, 0.1) is 6.57 Å². The van der Waals surface area contributed by atoms with Gasteiger partial charge in [-0.3, -0.25) is 29.4 Å². The van der Waals surface area contributed by atoms with Gasteiger partial charge in [-0.2, -0.15) is 0 Å². The number of fused-ring (bicyclic) bond motifs is 1. The number of hydrogen-bond acceptors (Lipinski definition) is 4. The fraction of sp³-hybridized carbons (Fsp3) is 0.214. The normalized spacial score (nSPS) is 21.1. The van der Waals surface area contributed by atoms with Crippen LogP contribution in [0.4, 0.5) is 5.69 Å². The lowest BCUT2D eigenvalue weighted by atomic mass is 10.0. The van der Waals surface area contributed by atoms with Gasteiger partial charge in [-0.15, -0.1) is 0 Å². The van der Waals surface area contributed by atoms with Crippen molar-refractivity contribution in [2.24, 2.45) is 0 Å². The second kappa shape index (κ2) is 4.52. The fourth-order valence-electron chi connectivity index (χ4n) is 2.53. The van der Waals surface area contributed by atoms with Gasteiger partial charge >= 0.3 is 0 Å². The van der Waals surface area contributed by atoms with Crippen LogP contribution in [-0.4, -0.2) is 34.6 Å². The van der Waals surface area contributed by atoms with Crippen molar-refractivity contribution in [2.75, 3.05) is 0 Å². The first kappa shape index (κ1) is 13.0. The van der Waals surface area contributed by atoms with Crippen molar-refractivity contribution >= 4 is 29.3 Å². The van der Waals surface area contributed by atoms with Crippen molar-refractivity contribution in [3.8, 4) is 0 Å². The molecule has 0 radical (unpaired) electrons. The van der Waals surface area contributed by atoms with Crippen LogP contribution in [0.1, 0.15) is 33.6 Å². The smallest absolute Gasteiger partial charge is 0.262 e. The number of carbonyl (C=O) groups is 4. The van der Waals surface area contributed by atoms with Crippen LogP contribution >= 0.6 is 0 Å². The number of carbonyl (C=O) groups excluding carboxylic acids is 4. The largest absolute Gasteiger partial charge is 0.295 e. The highest BCUT2D eigenvalue weighted by Crippen LogP contribution is 2.30. The molecule has 3 rings (SSSR count). The molecule has 1 N–H and O–H groups in total. The Kier molecular flexibility index (Phi) is 2.80. The van der Waals surface area contributed by atoms with Crippen LogP contribution in [0.5, 0.6) is 0 Å². The maximum Gasteiger partial charge on any atom is 0.262 e. The minimum absolute atomic E-state index is 0.0805. The first-order chi connectivity index (χ1) is 10.0. The molecule has 21 heavy (non-hydrogen) atoms. The summed E-state index contributed by atoms with van der Waals surface area (Å²) >= 11 is 0. The van der Waals surface area contributed by atoms with Crippen LogP contribution in [0.25, 0.3) is 4.85 Å². The summed E-state index contributed by atoms with van der Waals surface area (Å²) in [7, 11) is 0. The number of hydrogen-bond donors (Lipinski definition) is 1. The van der Waals surface area contributed by atoms with E-state index in [1.165, 1.54) is 18.2 Å². The van der Waals surface area contributed by atoms with Crippen molar-refractivity contribution < 1.29 is 19.2 Å². The standard InChI is InChI=1S/C14H9N3O4/c1-15-7-2-3-8-9(6-7)14(21)17(13(8)20)10-4-5-11(18)16-12(10)19/h2-3,6,10H,4-5H2,(H,16,18,19). The summed E-state index contributed by atoms with van der Waals surface area (Å²) in [6.45, 7) is 6.94. The molecule has 1 saturated heterocycles. The molecule has 104 valence electrons. The molecule has 0 aromatic heterocycles. The van der Waals surface area contributed by atoms with Crippen molar-refractivity contribution in [1.82, 2.24) is 10.2 Å². The lowest BCUT2D eigenvalue weighted by Gasteiger charge is -2.27. The summed E-state index contributed by atoms with van der Waals surface area (Å²) in [4.78, 5) is 51.7. The first-order valence-corrected chi connectivity index (χ1v) is 6.26. The quantitative estimate of drug-likeness (QED) is 0.605. The number of piperidine rings is 1. The van der Waals surface area contributed by atoms with Gasteiger partial charge in [0.15, 0.2) is 5.69 Å². The number of nitrogens with zero attached hydrogens (tertiary/aromatic N) is 2. The highest BCUT2D eigenvalue weighted by Gasteiger charge is 2.44. The van der Waals surface area contributed by atoms with Gasteiger partial charge in [-0.1, -0.05) is 12.1 Å². The van der Waals surface area contributed by atoms with Gasteiger partial charge in [0.2, 0.25) is 11.8 Å². The van der Waals surface area contributed by atoms with Crippen LogP contribution in [0.2, 0.25) is 0 Å². The van der Waals surface area contributed by atoms with Crippen molar-refractivity contribution in [2.45, 2.75) is 18.9 Å². The molecule has 1 fully saturated rings. The topological polar surface area (TPSA) is 87.9 Å². The van der Waals surface area contributed by atoms with E-state index in [0.717, 1.165) is 4.90 Å². The summed E-state index contributed by atoms with van der Waals surface area (Å²) in [6.07, 6.45) is 0.197. The number of imide groups is 2. The monoisotopic (exact) mass is 283 g/mol. The predicted octanol–water partition coefficient (Wildman–Crippen LogP) is 0.639. The Labute approximate surface area is 119 Å². The van der Waals surface area contributed by atoms with Gasteiger partial charge in [-0.05, 0) is 12.5 Å². The summed E-state index contributed by atoms with van der Waals surface area (Å²) in [5.41, 5.74) is 0.551. The third kappa shape index (κ3) is 1.89. The number of amides is 4. The molecule has 0 saturated carbocycles. The Bertz CT molecular complexity index is 747. The molecule has 7 heteroatoms. The van der Waals surface area contributed by atoms with Gasteiger partial charge < -0.3 is 0 Å². The molecule has 2 aliphatic rings. The van der Waals surface area contributed by atoms with Gasteiger partial charge in [0.1, 0.15) is 6.04 Å². The zero-order chi connectivity index (χ0) is 15.1. The molecule has 2 aliphatic heterocycles. The Hall–Kier alpha value is -3.01. The van der Waals surface area contributed by atoms with E-state index in [1.807, 2.05) is 0 Å². The molecular formula is C14H9N3O4. The van der Waals surface area contributed by atoms with E-state index in [2.05, 4.69) is 10.2 Å². The molecule has 1 atom stereocenters. The highest BCUT2D eigenvalue weighted by molar-refractivity contribution is 6.23. The lowest BCUT2D eigenvalue weighted by Crippen LogP contribution is -2.54. The molecule has 0 bridgehead atoms. The van der Waals surface area contributed by atoms with Crippen molar-refractivity contribution in [3.63, 3.8) is 0 Å². The number of nitrogens with one attached hydrogen (secondary N) is 1. The van der Waals surface area contributed by atoms with E-state index in [-0.39, 0.29) is 29.7 Å². The Balaban J connectivity index is 1.98. The van der Waals surface area contributed by atoms with E-state index in [9.17, 15) is 19.2 Å². The highest BCUT2D eigenvalue weighted by atomic mass is 16.2. The zero-order valence-corrected chi connectivity index (χ0v) is 10.8. The molecule has 1 aromatic carbocycles. The predicted molar refractivity (Wildman–Crippen MR) is 69.4 cm³/mol. The Morgan fingerprint density at radius 2 is 1.86 bits per heavy atom. The summed E-state index contributed by atoms with van der Waals surface area (Å²) < 4.78 is 0. The second-order valence-corrected chi connectivity index (χ2v) is 4.79. The molecule has 2 heterocycles. The minimum Gasteiger partial charge on any atom is -0.295 e. The van der Waals surface area contributed by atoms with E-state index in [0.29, 0.717) is 0 Å². The van der Waals surface area contributed by atoms with Gasteiger partial charge in [0.25, 0.3) is 11.8 Å². The second-order valence-electron chi connectivity index (χ2n) is 4.79. The fourth-order valence-corrected chi connectivity index (χ4v) is 2.53.